The van der Waals surface area contributed by atoms with Crippen molar-refractivity contribution in [2.45, 2.75) is 9.50 Å². The Bertz CT molecular complexity index is 885. The minimum absolute atomic E-state index is 0.385. The van der Waals surface area contributed by atoms with Crippen molar-refractivity contribution in [2.75, 3.05) is 0 Å². The molecule has 0 atom stereocenters. The number of hydrogen-bond donors (Lipinski definition) is 0. The van der Waals surface area contributed by atoms with E-state index >= 15 is 0 Å². The zero-order valence-electron chi connectivity index (χ0n) is 11.1. The number of nitro groups is 1. The molecular weight excluding hydrogens is 344 g/mol. The zero-order valence-corrected chi connectivity index (χ0v) is 13.6. The molecule has 0 aliphatic rings. The van der Waals surface area contributed by atoms with E-state index < -0.39 is 10.9 Å². The molecule has 2 aromatic heterocycles. The Hall–Kier alpha value is -2.11. The van der Waals surface area contributed by atoms with Crippen LogP contribution in [0.25, 0.3) is 5.69 Å². The van der Waals surface area contributed by atoms with E-state index in [0.29, 0.717) is 13.5 Å². The van der Waals surface area contributed by atoms with Crippen molar-refractivity contribution in [2.24, 2.45) is 7.05 Å². The summed E-state index contributed by atoms with van der Waals surface area (Å²) in [5.41, 5.74) is 0.861. The summed E-state index contributed by atoms with van der Waals surface area (Å²) >= 11 is 7.80. The molecule has 0 bridgehead atoms. The van der Waals surface area contributed by atoms with Crippen LogP contribution >= 0.6 is 35.3 Å². The first-order valence-corrected chi connectivity index (χ1v) is 7.97. The molecule has 0 unspecified atom stereocenters. The van der Waals surface area contributed by atoms with E-state index in [2.05, 4.69) is 15.2 Å². The van der Waals surface area contributed by atoms with Crippen LogP contribution in [0.4, 0.5) is 5.95 Å². The molecule has 112 valence electrons. The standard InChI is InChI=1S/C11H8N6O2S3/c1-15-9(12-8(13-15)17(18)19)21-10-14-16(11(20)22-10)7-5-3-2-4-6-7/h2-6H,1H3. The highest BCUT2D eigenvalue weighted by Crippen LogP contribution is 2.30. The second kappa shape index (κ2) is 5.94. The number of hydrogen-bond acceptors (Lipinski definition) is 8. The molecule has 1 aromatic carbocycles. The monoisotopic (exact) mass is 352 g/mol. The van der Waals surface area contributed by atoms with Gasteiger partial charge in [-0.3, -0.25) is 0 Å². The molecule has 0 aliphatic carbocycles. The third-order valence-corrected chi connectivity index (χ3v) is 4.90. The quantitative estimate of drug-likeness (QED) is 0.405. The van der Waals surface area contributed by atoms with Crippen LogP contribution in [0, 0.1) is 14.1 Å². The average molecular weight is 352 g/mol. The van der Waals surface area contributed by atoms with Crippen LogP contribution < -0.4 is 0 Å². The van der Waals surface area contributed by atoms with E-state index in [1.807, 2.05) is 30.3 Å². The fourth-order valence-corrected chi connectivity index (χ4v) is 3.89. The summed E-state index contributed by atoms with van der Waals surface area (Å²) in [5, 5.41) is 19.2. The highest BCUT2D eigenvalue weighted by atomic mass is 32.2. The minimum Gasteiger partial charge on any atom is -0.390 e. The van der Waals surface area contributed by atoms with Crippen molar-refractivity contribution in [3.63, 3.8) is 0 Å². The smallest absolute Gasteiger partial charge is 0.390 e. The predicted molar refractivity (Wildman–Crippen MR) is 84.1 cm³/mol. The molecule has 0 saturated heterocycles. The van der Waals surface area contributed by atoms with Crippen LogP contribution in [0.15, 0.2) is 39.8 Å². The van der Waals surface area contributed by atoms with Gasteiger partial charge in [-0.2, -0.15) is 4.68 Å². The van der Waals surface area contributed by atoms with Gasteiger partial charge in [0.25, 0.3) is 5.16 Å². The fourth-order valence-electron chi connectivity index (χ4n) is 1.64. The van der Waals surface area contributed by atoms with Crippen LogP contribution in [0.1, 0.15) is 0 Å². The Morgan fingerprint density at radius 1 is 1.32 bits per heavy atom. The van der Waals surface area contributed by atoms with Crippen molar-refractivity contribution >= 4 is 41.3 Å². The zero-order chi connectivity index (χ0) is 15.7. The summed E-state index contributed by atoms with van der Waals surface area (Å²) in [7, 11) is 1.59. The van der Waals surface area contributed by atoms with E-state index in [1.54, 1.807) is 11.7 Å². The topological polar surface area (TPSA) is 91.7 Å². The van der Waals surface area contributed by atoms with E-state index in [9.17, 15) is 10.1 Å². The maximum Gasteiger partial charge on any atom is 0.492 e. The molecule has 3 rings (SSSR count). The number of para-hydroxylation sites is 1. The third-order valence-electron chi connectivity index (χ3n) is 2.58. The lowest BCUT2D eigenvalue weighted by Crippen LogP contribution is -1.96. The van der Waals surface area contributed by atoms with Gasteiger partial charge in [-0.1, -0.05) is 29.5 Å². The van der Waals surface area contributed by atoms with Gasteiger partial charge in [0.2, 0.25) is 0 Å². The Labute approximate surface area is 137 Å². The van der Waals surface area contributed by atoms with Crippen LogP contribution in [-0.4, -0.2) is 29.5 Å². The van der Waals surface area contributed by atoms with Gasteiger partial charge < -0.3 is 10.1 Å². The van der Waals surface area contributed by atoms with Gasteiger partial charge in [0, 0.05) is 23.9 Å². The summed E-state index contributed by atoms with van der Waals surface area (Å²) in [4.78, 5) is 13.9. The molecule has 0 radical (unpaired) electrons. The molecule has 0 saturated carbocycles. The SMILES string of the molecule is Cn1nc([N+](=O)[O-])nc1Sc1nn(-c2ccccc2)c(=S)s1. The number of aromatic nitrogens is 5. The maximum absolute atomic E-state index is 10.7. The summed E-state index contributed by atoms with van der Waals surface area (Å²) < 4.78 is 4.22. The van der Waals surface area contributed by atoms with Gasteiger partial charge >= 0.3 is 5.95 Å². The van der Waals surface area contributed by atoms with Crippen molar-refractivity contribution in [1.29, 1.82) is 0 Å². The molecule has 22 heavy (non-hydrogen) atoms. The number of benzene rings is 1. The lowest BCUT2D eigenvalue weighted by atomic mass is 10.3. The first kappa shape index (κ1) is 14.8. The summed E-state index contributed by atoms with van der Waals surface area (Å²) in [6, 6.07) is 9.51. The molecular formula is C11H8N6O2S3. The Morgan fingerprint density at radius 3 is 2.68 bits per heavy atom. The second-order valence-electron chi connectivity index (χ2n) is 4.06. The number of nitrogens with zero attached hydrogens (tertiary/aromatic N) is 6. The first-order chi connectivity index (χ1) is 10.5. The van der Waals surface area contributed by atoms with Crippen LogP contribution in [0.2, 0.25) is 0 Å². The van der Waals surface area contributed by atoms with Gasteiger partial charge in [0.1, 0.15) is 0 Å². The van der Waals surface area contributed by atoms with E-state index in [-0.39, 0.29) is 0 Å². The summed E-state index contributed by atoms with van der Waals surface area (Å²) in [6.07, 6.45) is 0. The number of aryl methyl sites for hydroxylation is 1. The molecule has 8 nitrogen and oxygen atoms in total. The highest BCUT2D eigenvalue weighted by molar-refractivity contribution is 8.01. The lowest BCUT2D eigenvalue weighted by Gasteiger charge is -1.98. The maximum atomic E-state index is 10.7. The second-order valence-corrected chi connectivity index (χ2v) is 6.90. The Morgan fingerprint density at radius 2 is 2.05 bits per heavy atom. The highest BCUT2D eigenvalue weighted by Gasteiger charge is 2.21. The Kier molecular flexibility index (Phi) is 4.00. The van der Waals surface area contributed by atoms with Crippen LogP contribution in [0.3, 0.4) is 0 Å². The minimum atomic E-state index is -0.630. The van der Waals surface area contributed by atoms with Crippen molar-refractivity contribution in [1.82, 2.24) is 24.5 Å². The van der Waals surface area contributed by atoms with Crippen molar-refractivity contribution in [3.05, 3.63) is 44.4 Å². The molecule has 0 fully saturated rings. The lowest BCUT2D eigenvalue weighted by molar-refractivity contribution is -0.394. The van der Waals surface area contributed by atoms with Gasteiger partial charge in [-0.05, 0) is 34.3 Å². The molecule has 0 spiro atoms. The van der Waals surface area contributed by atoms with Gasteiger partial charge in [-0.25, -0.2) is 4.68 Å². The molecule has 0 N–H and O–H groups in total. The molecule has 2 heterocycles. The number of rotatable bonds is 4. The largest absolute Gasteiger partial charge is 0.492 e. The third kappa shape index (κ3) is 2.91. The van der Waals surface area contributed by atoms with Crippen molar-refractivity contribution < 1.29 is 4.92 Å². The van der Waals surface area contributed by atoms with E-state index in [4.69, 9.17) is 12.2 Å². The molecule has 11 heteroatoms. The molecule has 0 aliphatic heterocycles. The molecule has 3 aromatic rings. The first-order valence-electron chi connectivity index (χ1n) is 5.93. The summed E-state index contributed by atoms with van der Waals surface area (Å²) in [5.74, 6) is -0.434. The van der Waals surface area contributed by atoms with E-state index in [0.717, 1.165) is 5.69 Å². The van der Waals surface area contributed by atoms with Gasteiger partial charge in [0.15, 0.2) is 8.29 Å². The van der Waals surface area contributed by atoms with Gasteiger partial charge in [-0.15, -0.1) is 5.10 Å². The predicted octanol–water partition coefficient (Wildman–Crippen LogP) is 2.85. The molecule has 0 amide bonds. The fraction of sp³-hybridized carbons (Fsp3) is 0.0909. The van der Waals surface area contributed by atoms with Crippen LogP contribution in [-0.2, 0) is 7.05 Å². The normalized spacial score (nSPS) is 10.8. The van der Waals surface area contributed by atoms with E-state index in [1.165, 1.54) is 27.8 Å². The Balaban J connectivity index is 1.91. The van der Waals surface area contributed by atoms with Crippen LogP contribution in [0.5, 0.6) is 0 Å². The van der Waals surface area contributed by atoms with Crippen molar-refractivity contribution in [3.8, 4) is 5.69 Å². The average Bonchev–Trinajstić information content (AvgIpc) is 3.04. The van der Waals surface area contributed by atoms with Gasteiger partial charge in [0.05, 0.1) is 5.69 Å². The summed E-state index contributed by atoms with van der Waals surface area (Å²) in [6.45, 7) is 0.